The van der Waals surface area contributed by atoms with E-state index in [1.54, 1.807) is 17.2 Å². The highest BCUT2D eigenvalue weighted by atomic mass is 79.9. The second kappa shape index (κ2) is 10.5. The summed E-state index contributed by atoms with van der Waals surface area (Å²) in [5.74, 6) is -2.93. The van der Waals surface area contributed by atoms with Gasteiger partial charge in [-0.25, -0.2) is 22.2 Å². The topological polar surface area (TPSA) is 83.5 Å². The van der Waals surface area contributed by atoms with Crippen molar-refractivity contribution in [1.29, 1.82) is 0 Å². The van der Waals surface area contributed by atoms with Crippen LogP contribution in [0.1, 0.15) is 18.5 Å². The Bertz CT molecular complexity index is 1560. The Morgan fingerprint density at radius 3 is 2.57 bits per heavy atom. The number of halogens is 3. The average Bonchev–Trinajstić information content (AvgIpc) is 3.32. The van der Waals surface area contributed by atoms with E-state index in [4.69, 9.17) is 0 Å². The predicted octanol–water partition coefficient (Wildman–Crippen LogP) is 5.37. The van der Waals surface area contributed by atoms with Crippen LogP contribution < -0.4 is 4.90 Å². The molecule has 0 radical (unpaired) electrons. The van der Waals surface area contributed by atoms with Gasteiger partial charge in [0.25, 0.3) is 0 Å². The SMILES string of the molecule is O=C(C1CCN(S(=O)(=O)c2ccc(F)c(F)c2)CC1)N(Cc1ccccn1)c1nc2ccc(Br)cc2s1. The molecule has 0 N–H and O–H groups in total. The molecule has 5 rings (SSSR count). The second-order valence-electron chi connectivity index (χ2n) is 8.61. The summed E-state index contributed by atoms with van der Waals surface area (Å²) in [5.41, 5.74) is 1.48. The van der Waals surface area contributed by atoms with Gasteiger partial charge in [-0.1, -0.05) is 33.3 Å². The molecule has 1 aliphatic heterocycles. The molecule has 192 valence electrons. The van der Waals surface area contributed by atoms with E-state index < -0.39 is 27.6 Å². The predicted molar refractivity (Wildman–Crippen MR) is 141 cm³/mol. The minimum absolute atomic E-state index is 0.0853. The standard InChI is InChI=1S/C25H21BrF2N4O3S2/c26-17-4-7-22-23(13-17)36-25(30-22)32(15-18-3-1-2-10-29-18)24(33)16-8-11-31(12-9-16)37(34,35)19-5-6-20(27)21(28)14-19/h1-7,10,13-14,16H,8-9,11-12,15H2. The lowest BCUT2D eigenvalue weighted by Gasteiger charge is -2.33. The molecule has 0 bridgehead atoms. The minimum Gasteiger partial charge on any atom is -0.282 e. The van der Waals surface area contributed by atoms with E-state index in [1.165, 1.54) is 15.6 Å². The Labute approximate surface area is 224 Å². The molecule has 1 saturated heterocycles. The number of carbonyl (C=O) groups is 1. The highest BCUT2D eigenvalue weighted by Gasteiger charge is 2.35. The summed E-state index contributed by atoms with van der Waals surface area (Å²) < 4.78 is 55.9. The third kappa shape index (κ3) is 5.42. The Balaban J connectivity index is 1.37. The van der Waals surface area contributed by atoms with Gasteiger partial charge in [0, 0.05) is 29.7 Å². The van der Waals surface area contributed by atoms with Gasteiger partial charge in [-0.05, 0) is 61.4 Å². The van der Waals surface area contributed by atoms with Gasteiger partial charge in [0.15, 0.2) is 16.8 Å². The smallest absolute Gasteiger partial charge is 0.243 e. The van der Waals surface area contributed by atoms with Crippen LogP contribution in [0.3, 0.4) is 0 Å². The number of amides is 1. The van der Waals surface area contributed by atoms with Crippen LogP contribution in [0.2, 0.25) is 0 Å². The molecule has 1 amide bonds. The van der Waals surface area contributed by atoms with E-state index in [0.29, 0.717) is 16.9 Å². The lowest BCUT2D eigenvalue weighted by atomic mass is 9.96. The van der Waals surface area contributed by atoms with Crippen molar-refractivity contribution in [2.75, 3.05) is 18.0 Å². The summed E-state index contributed by atoms with van der Waals surface area (Å²) in [6.07, 6.45) is 2.24. The molecule has 0 saturated carbocycles. The third-order valence-electron chi connectivity index (χ3n) is 6.21. The van der Waals surface area contributed by atoms with Crippen molar-refractivity contribution in [1.82, 2.24) is 14.3 Å². The Morgan fingerprint density at radius 1 is 1.08 bits per heavy atom. The van der Waals surface area contributed by atoms with E-state index >= 15 is 0 Å². The number of fused-ring (bicyclic) bond motifs is 1. The molecular weight excluding hydrogens is 586 g/mol. The number of hydrogen-bond acceptors (Lipinski definition) is 6. The molecule has 1 fully saturated rings. The first-order valence-electron chi connectivity index (χ1n) is 11.4. The number of benzene rings is 2. The fourth-order valence-electron chi connectivity index (χ4n) is 4.25. The summed E-state index contributed by atoms with van der Waals surface area (Å²) >= 11 is 4.86. The number of thiazole rings is 1. The number of pyridine rings is 1. The second-order valence-corrected chi connectivity index (χ2v) is 12.5. The number of rotatable bonds is 6. The average molecular weight is 608 g/mol. The van der Waals surface area contributed by atoms with Crippen molar-refractivity contribution < 1.29 is 22.0 Å². The molecule has 1 aliphatic rings. The van der Waals surface area contributed by atoms with E-state index in [9.17, 15) is 22.0 Å². The quantitative estimate of drug-likeness (QED) is 0.295. The molecule has 37 heavy (non-hydrogen) atoms. The van der Waals surface area contributed by atoms with Crippen molar-refractivity contribution in [3.63, 3.8) is 0 Å². The number of carbonyl (C=O) groups excluding carboxylic acids is 1. The van der Waals surface area contributed by atoms with E-state index in [-0.39, 0.29) is 43.3 Å². The van der Waals surface area contributed by atoms with Crippen LogP contribution in [0.4, 0.5) is 13.9 Å². The molecule has 3 heterocycles. The van der Waals surface area contributed by atoms with E-state index in [0.717, 1.165) is 26.8 Å². The Hall–Kier alpha value is -2.80. The molecule has 0 spiro atoms. The first kappa shape index (κ1) is 25.8. The number of anilines is 1. The summed E-state index contributed by atoms with van der Waals surface area (Å²) in [4.78, 5) is 24.1. The van der Waals surface area contributed by atoms with Gasteiger partial charge in [0.2, 0.25) is 15.9 Å². The minimum atomic E-state index is -4.02. The Morgan fingerprint density at radius 2 is 1.86 bits per heavy atom. The number of piperidine rings is 1. The van der Waals surface area contributed by atoms with Gasteiger partial charge >= 0.3 is 0 Å². The maximum atomic E-state index is 13.8. The first-order chi connectivity index (χ1) is 17.7. The molecule has 2 aromatic heterocycles. The lowest BCUT2D eigenvalue weighted by molar-refractivity contribution is -0.123. The van der Waals surface area contributed by atoms with Crippen LogP contribution in [0.5, 0.6) is 0 Å². The van der Waals surface area contributed by atoms with Crippen LogP contribution in [0.15, 0.2) is 70.2 Å². The number of aromatic nitrogens is 2. The van der Waals surface area contributed by atoms with E-state index in [1.807, 2.05) is 30.3 Å². The summed E-state index contributed by atoms with van der Waals surface area (Å²) in [6, 6.07) is 13.7. The number of sulfonamides is 1. The van der Waals surface area contributed by atoms with E-state index in [2.05, 4.69) is 25.9 Å². The van der Waals surface area contributed by atoms with Crippen LogP contribution in [0.25, 0.3) is 10.2 Å². The summed E-state index contributed by atoms with van der Waals surface area (Å²) in [6.45, 7) is 0.401. The maximum absolute atomic E-state index is 13.8. The van der Waals surface area contributed by atoms with Gasteiger partial charge in [0.1, 0.15) is 0 Å². The molecular formula is C25H21BrF2N4O3S2. The highest BCUT2D eigenvalue weighted by molar-refractivity contribution is 9.10. The van der Waals surface area contributed by atoms with Crippen LogP contribution >= 0.6 is 27.3 Å². The van der Waals surface area contributed by atoms with Gasteiger partial charge in [-0.2, -0.15) is 4.31 Å². The number of hydrogen-bond donors (Lipinski definition) is 0. The zero-order valence-corrected chi connectivity index (χ0v) is 22.6. The molecule has 12 heteroatoms. The van der Waals surface area contributed by atoms with Crippen molar-refractivity contribution >= 4 is 58.5 Å². The fraction of sp³-hybridized carbons (Fsp3) is 0.240. The van der Waals surface area contributed by atoms with Crippen LogP contribution in [0, 0.1) is 17.6 Å². The maximum Gasteiger partial charge on any atom is 0.243 e. The van der Waals surface area contributed by atoms with Gasteiger partial charge in [-0.3, -0.25) is 14.7 Å². The molecule has 0 aliphatic carbocycles. The number of nitrogens with zero attached hydrogens (tertiary/aromatic N) is 4. The molecule has 0 unspecified atom stereocenters. The molecule has 7 nitrogen and oxygen atoms in total. The molecule has 4 aromatic rings. The van der Waals surface area contributed by atoms with Gasteiger partial charge in [-0.15, -0.1) is 0 Å². The summed E-state index contributed by atoms with van der Waals surface area (Å²) in [7, 11) is -4.02. The van der Waals surface area contributed by atoms with Gasteiger partial charge in [0.05, 0.1) is 27.4 Å². The Kier molecular flexibility index (Phi) is 7.35. The van der Waals surface area contributed by atoms with Crippen molar-refractivity contribution in [2.24, 2.45) is 5.92 Å². The van der Waals surface area contributed by atoms with Crippen molar-refractivity contribution in [3.8, 4) is 0 Å². The third-order valence-corrected chi connectivity index (χ3v) is 9.64. The molecule has 0 atom stereocenters. The summed E-state index contributed by atoms with van der Waals surface area (Å²) in [5, 5.41) is 0.542. The van der Waals surface area contributed by atoms with Gasteiger partial charge < -0.3 is 0 Å². The van der Waals surface area contributed by atoms with Crippen LogP contribution in [-0.4, -0.2) is 41.7 Å². The van der Waals surface area contributed by atoms with Crippen molar-refractivity contribution in [2.45, 2.75) is 24.3 Å². The highest BCUT2D eigenvalue weighted by Crippen LogP contribution is 2.34. The lowest BCUT2D eigenvalue weighted by Crippen LogP contribution is -2.44. The first-order valence-corrected chi connectivity index (χ1v) is 14.5. The normalized spacial score (nSPS) is 15.2. The largest absolute Gasteiger partial charge is 0.282 e. The zero-order valence-electron chi connectivity index (χ0n) is 19.4. The zero-order chi connectivity index (χ0) is 26.2. The van der Waals surface area contributed by atoms with Crippen LogP contribution in [-0.2, 0) is 21.4 Å². The van der Waals surface area contributed by atoms with Crippen molar-refractivity contribution in [3.05, 3.63) is 82.6 Å². The monoisotopic (exact) mass is 606 g/mol. The fourth-order valence-corrected chi connectivity index (χ4v) is 7.25. The molecule has 2 aromatic carbocycles.